The Bertz CT molecular complexity index is 270. The van der Waals surface area contributed by atoms with Gasteiger partial charge in [0.05, 0.1) is 6.61 Å². The van der Waals surface area contributed by atoms with Crippen LogP contribution in [-0.2, 0) is 18.1 Å². The van der Waals surface area contributed by atoms with Crippen LogP contribution in [0.2, 0.25) is 17.1 Å². The Morgan fingerprint density at radius 2 is 1.56 bits per heavy atom. The zero-order valence-corrected chi connectivity index (χ0v) is 14.1. The second kappa shape index (κ2) is 7.75. The fourth-order valence-corrected chi connectivity index (χ4v) is 5.83. The average Bonchev–Trinajstić information content (AvgIpc) is 2.33. The van der Waals surface area contributed by atoms with Gasteiger partial charge in [-0.3, -0.25) is 13.6 Å². The van der Waals surface area contributed by atoms with Gasteiger partial charge >= 0.3 is 7.82 Å². The Kier molecular flexibility index (Phi) is 7.86. The minimum Gasteiger partial charge on any atom is -0.313 e. The topological polar surface area (TPSA) is 44.8 Å². The van der Waals surface area contributed by atoms with E-state index >= 15 is 0 Å². The summed E-state index contributed by atoms with van der Waals surface area (Å²) in [6, 6.07) is 0.510. The second-order valence-electron chi connectivity index (χ2n) is 4.99. The first-order chi connectivity index (χ1) is 8.22. The maximum Gasteiger partial charge on any atom is 0.474 e. The van der Waals surface area contributed by atoms with Gasteiger partial charge in [-0.15, -0.1) is 0 Å². The summed E-state index contributed by atoms with van der Waals surface area (Å²) >= 11 is 0. The van der Waals surface area contributed by atoms with Gasteiger partial charge in [0.15, 0.2) is 0 Å². The molecule has 0 aromatic heterocycles. The molecule has 0 radical (unpaired) electrons. The fraction of sp³-hybridized carbons (Fsp3) is 1.00. The first-order valence-electron chi connectivity index (χ1n) is 6.26. The normalized spacial score (nSPS) is 13.6. The Balaban J connectivity index is 4.22. The molecule has 0 atom stereocenters. The Morgan fingerprint density at radius 1 is 1.11 bits per heavy atom. The third-order valence-electron chi connectivity index (χ3n) is 3.32. The van der Waals surface area contributed by atoms with Crippen molar-refractivity contribution in [2.24, 2.45) is 0 Å². The fourth-order valence-electron chi connectivity index (χ4n) is 1.94. The smallest absolute Gasteiger partial charge is 0.313 e. The molecule has 110 valence electrons. The van der Waals surface area contributed by atoms with Crippen molar-refractivity contribution in [3.05, 3.63) is 0 Å². The van der Waals surface area contributed by atoms with Crippen LogP contribution in [0.25, 0.3) is 0 Å². The number of halogens is 1. The first-order valence-corrected chi connectivity index (χ1v) is 9.97. The first kappa shape index (κ1) is 18.3. The molecule has 0 amide bonds. The largest absolute Gasteiger partial charge is 0.474 e. The van der Waals surface area contributed by atoms with Crippen LogP contribution >= 0.6 is 7.82 Å². The van der Waals surface area contributed by atoms with Crippen molar-refractivity contribution in [3.63, 3.8) is 0 Å². The van der Waals surface area contributed by atoms with Crippen LogP contribution in [0.3, 0.4) is 0 Å². The van der Waals surface area contributed by atoms with Gasteiger partial charge in [0, 0.05) is 14.2 Å². The van der Waals surface area contributed by atoms with Gasteiger partial charge in [-0.05, 0) is 23.5 Å². The van der Waals surface area contributed by atoms with Gasteiger partial charge in [-0.1, -0.05) is 27.7 Å². The van der Waals surface area contributed by atoms with E-state index in [1.807, 2.05) is 27.7 Å². The molecular weight excluding hydrogens is 274 g/mol. The van der Waals surface area contributed by atoms with E-state index in [1.54, 1.807) is 0 Å². The molecule has 0 aliphatic rings. The van der Waals surface area contributed by atoms with Gasteiger partial charge < -0.3 is 4.11 Å². The summed E-state index contributed by atoms with van der Waals surface area (Å²) < 4.78 is 40.7. The lowest BCUT2D eigenvalue weighted by molar-refractivity contribution is 0.152. The van der Waals surface area contributed by atoms with Crippen molar-refractivity contribution < 1.29 is 22.2 Å². The monoisotopic (exact) mass is 300 g/mol. The van der Waals surface area contributed by atoms with Crippen LogP contribution in [0.4, 0.5) is 4.11 Å². The van der Waals surface area contributed by atoms with Crippen LogP contribution in [-0.4, -0.2) is 29.2 Å². The van der Waals surface area contributed by atoms with E-state index in [4.69, 9.17) is 4.52 Å². The number of phosphoric ester groups is 1. The third-order valence-corrected chi connectivity index (χ3v) is 9.67. The van der Waals surface area contributed by atoms with Crippen LogP contribution < -0.4 is 0 Å². The molecular formula is C11H26FO4PSi. The molecule has 0 rings (SSSR count). The van der Waals surface area contributed by atoms with Gasteiger partial charge in [0.25, 0.3) is 8.41 Å². The second-order valence-corrected chi connectivity index (χ2v) is 11.5. The van der Waals surface area contributed by atoms with Crippen LogP contribution in [0.15, 0.2) is 0 Å². The molecule has 7 heteroatoms. The quantitative estimate of drug-likeness (QED) is 0.272. The summed E-state index contributed by atoms with van der Waals surface area (Å²) in [5, 5.41) is 0. The summed E-state index contributed by atoms with van der Waals surface area (Å²) in [4.78, 5) is 0. The predicted molar refractivity (Wildman–Crippen MR) is 74.1 cm³/mol. The number of hydrogen-bond acceptors (Lipinski definition) is 4. The molecule has 18 heavy (non-hydrogen) atoms. The van der Waals surface area contributed by atoms with E-state index in [0.29, 0.717) is 12.5 Å². The standard InChI is InChI=1S/C11H26FO4PSi/c1-10(2)18(12,11(3)4)9-7-8-16-17(13,14-5)15-6/h10-11H,7-9H2,1-6H3. The summed E-state index contributed by atoms with van der Waals surface area (Å²) in [5.41, 5.74) is 0.156. The van der Waals surface area contributed by atoms with Gasteiger partial charge in [-0.25, -0.2) is 4.57 Å². The van der Waals surface area contributed by atoms with Crippen LogP contribution in [0.1, 0.15) is 34.1 Å². The maximum absolute atomic E-state index is 14.8. The van der Waals surface area contributed by atoms with Crippen molar-refractivity contribution in [2.45, 2.75) is 51.2 Å². The summed E-state index contributed by atoms with van der Waals surface area (Å²) in [6.07, 6.45) is 0.537. The lowest BCUT2D eigenvalue weighted by atomic mass is 10.5. The van der Waals surface area contributed by atoms with Crippen molar-refractivity contribution in [1.82, 2.24) is 0 Å². The van der Waals surface area contributed by atoms with E-state index in [9.17, 15) is 8.67 Å². The molecule has 0 bridgehead atoms. The van der Waals surface area contributed by atoms with Crippen molar-refractivity contribution in [3.8, 4) is 0 Å². The molecule has 0 saturated heterocycles. The number of rotatable bonds is 9. The molecule has 0 N–H and O–H groups in total. The average molecular weight is 300 g/mol. The molecule has 0 heterocycles. The van der Waals surface area contributed by atoms with Crippen LogP contribution in [0.5, 0.6) is 0 Å². The summed E-state index contributed by atoms with van der Waals surface area (Å²) in [5.74, 6) is 0. The van der Waals surface area contributed by atoms with Gasteiger partial charge in [-0.2, -0.15) is 0 Å². The van der Waals surface area contributed by atoms with E-state index in [2.05, 4.69) is 9.05 Å². The molecule has 0 aromatic rings. The highest BCUT2D eigenvalue weighted by Crippen LogP contribution is 2.48. The maximum atomic E-state index is 14.8. The highest BCUT2D eigenvalue weighted by molar-refractivity contribution is 7.48. The SMILES string of the molecule is COP(=O)(OC)OCCC[Si](F)(C(C)C)C(C)C. The molecule has 4 nitrogen and oxygen atoms in total. The lowest BCUT2D eigenvalue weighted by Gasteiger charge is -2.30. The van der Waals surface area contributed by atoms with E-state index < -0.39 is 16.2 Å². The van der Waals surface area contributed by atoms with E-state index in [0.717, 1.165) is 0 Å². The lowest BCUT2D eigenvalue weighted by Crippen LogP contribution is -2.36. The van der Waals surface area contributed by atoms with Crippen molar-refractivity contribution >= 4 is 16.2 Å². The minimum absolute atomic E-state index is 0.0779. The summed E-state index contributed by atoms with van der Waals surface area (Å²) in [7, 11) is -3.66. The molecule has 0 unspecified atom stereocenters. The molecule has 0 aliphatic carbocycles. The summed E-state index contributed by atoms with van der Waals surface area (Å²) in [6.45, 7) is 7.92. The molecule has 0 saturated carbocycles. The highest BCUT2D eigenvalue weighted by Gasteiger charge is 2.40. The molecule has 0 spiro atoms. The number of phosphoric acid groups is 1. The predicted octanol–water partition coefficient (Wildman–Crippen LogP) is 4.53. The molecule has 0 aromatic carbocycles. The Hall–Kier alpha value is 0.257. The number of hydrogen-bond donors (Lipinski definition) is 0. The van der Waals surface area contributed by atoms with E-state index in [-0.39, 0.29) is 17.7 Å². The van der Waals surface area contributed by atoms with Gasteiger partial charge in [0.1, 0.15) is 0 Å². The zero-order valence-electron chi connectivity index (χ0n) is 12.2. The minimum atomic E-state index is -3.42. The van der Waals surface area contributed by atoms with Crippen molar-refractivity contribution in [1.29, 1.82) is 0 Å². The van der Waals surface area contributed by atoms with Crippen molar-refractivity contribution in [2.75, 3.05) is 20.8 Å². The highest BCUT2D eigenvalue weighted by atomic mass is 31.2. The van der Waals surface area contributed by atoms with Crippen LogP contribution in [0, 0.1) is 0 Å². The zero-order chi connectivity index (χ0) is 14.4. The van der Waals surface area contributed by atoms with Gasteiger partial charge in [0.2, 0.25) is 0 Å². The molecule has 0 aliphatic heterocycles. The molecule has 0 fully saturated rings. The van der Waals surface area contributed by atoms with E-state index in [1.165, 1.54) is 14.2 Å². The Labute approximate surface area is 111 Å². The third kappa shape index (κ3) is 5.09. The Morgan fingerprint density at radius 3 is 1.89 bits per heavy atom.